The molecule has 0 bridgehead atoms. The summed E-state index contributed by atoms with van der Waals surface area (Å²) >= 11 is 0. The number of carbonyl (C=O) groups excluding carboxylic acids is 2. The molecule has 0 spiro atoms. The van der Waals surface area contributed by atoms with Gasteiger partial charge >= 0.3 is 5.97 Å². The Morgan fingerprint density at radius 3 is 2.25 bits per heavy atom. The van der Waals surface area contributed by atoms with Crippen molar-refractivity contribution in [1.29, 1.82) is 0 Å². The van der Waals surface area contributed by atoms with Crippen LogP contribution in [0.25, 0.3) is 0 Å². The average Bonchev–Trinajstić information content (AvgIpc) is 1.82. The van der Waals surface area contributed by atoms with Gasteiger partial charge < -0.3 is 4.74 Å². The highest BCUT2D eigenvalue weighted by molar-refractivity contribution is 5.75. The lowest BCUT2D eigenvalue weighted by Crippen LogP contribution is -2.23. The van der Waals surface area contributed by atoms with Crippen molar-refractivity contribution in [2.75, 3.05) is 0 Å². The molecule has 3 nitrogen and oxygen atoms in total. The highest BCUT2D eigenvalue weighted by atomic mass is 16.6. The van der Waals surface area contributed by atoms with Crippen LogP contribution >= 0.6 is 0 Å². The summed E-state index contributed by atoms with van der Waals surface area (Å²) in [5, 5.41) is 0. The van der Waals surface area contributed by atoms with Crippen molar-refractivity contribution in [2.24, 2.45) is 0 Å². The molecule has 0 aliphatic heterocycles. The molecule has 0 aromatic carbocycles. The highest BCUT2D eigenvalue weighted by Crippen LogP contribution is 2.09. The van der Waals surface area contributed by atoms with Gasteiger partial charge in [0.1, 0.15) is 11.5 Å². The van der Waals surface area contributed by atoms with E-state index >= 15 is 0 Å². The zero-order valence-electron chi connectivity index (χ0n) is 7.93. The van der Waals surface area contributed by atoms with Crippen LogP contribution in [-0.2, 0) is 14.3 Å². The van der Waals surface area contributed by atoms with Crippen molar-refractivity contribution >= 4 is 11.9 Å². The van der Waals surface area contributed by atoms with Gasteiger partial charge in [0.05, 0.1) is 6.42 Å². The van der Waals surface area contributed by atoms with E-state index in [-0.39, 0.29) is 12.4 Å². The molecule has 68 valence electrons. The molecule has 0 amide bonds. The number of hydrogen-bond donors (Lipinski definition) is 0. The molecule has 0 atom stereocenters. The zero-order chi connectivity index (χ0) is 9.78. The Hall–Kier alpha value is -1.08. The molecule has 0 aromatic rings. The van der Waals surface area contributed by atoms with Crippen molar-refractivity contribution in [1.82, 2.24) is 0 Å². The van der Waals surface area contributed by atoms with Crippen LogP contribution in [0.5, 0.6) is 0 Å². The molecule has 0 heterocycles. The van der Waals surface area contributed by atoms with E-state index in [0.717, 1.165) is 0 Å². The molecule has 0 aliphatic carbocycles. The third-order valence-corrected chi connectivity index (χ3v) is 1.00. The number of hydrogen-bond acceptors (Lipinski definition) is 3. The number of carbonyl (C=O) groups is 1. The van der Waals surface area contributed by atoms with E-state index in [4.69, 9.17) is 4.74 Å². The van der Waals surface area contributed by atoms with Crippen molar-refractivity contribution in [3.63, 3.8) is 0 Å². The summed E-state index contributed by atoms with van der Waals surface area (Å²) in [6, 6.07) is 0. The molecule has 0 unspecified atom stereocenters. The molecule has 0 fully saturated rings. The molecule has 0 aromatic heterocycles. The number of ether oxygens (including phenoxy) is 1. The Balaban J connectivity index is 4.00. The van der Waals surface area contributed by atoms with Crippen LogP contribution in [0.15, 0.2) is 5.57 Å². The lowest BCUT2D eigenvalue weighted by molar-refractivity contribution is -0.153. The fraction of sp³-hybridized carbons (Fsp3) is 0.667. The normalized spacial score (nSPS) is 10.3. The van der Waals surface area contributed by atoms with Gasteiger partial charge in [0.15, 0.2) is 0 Å². The first-order chi connectivity index (χ1) is 5.35. The van der Waals surface area contributed by atoms with Crippen molar-refractivity contribution in [3.8, 4) is 0 Å². The molecular weight excluding hydrogens is 156 g/mol. The van der Waals surface area contributed by atoms with Crippen LogP contribution < -0.4 is 0 Å². The summed E-state index contributed by atoms with van der Waals surface area (Å²) in [6.45, 7) is 6.90. The van der Waals surface area contributed by atoms with Gasteiger partial charge in [0, 0.05) is 5.57 Å². The van der Waals surface area contributed by atoms with E-state index in [9.17, 15) is 9.59 Å². The summed E-state index contributed by atoms with van der Waals surface area (Å²) < 4.78 is 4.97. The molecule has 12 heavy (non-hydrogen) atoms. The number of esters is 1. The smallest absolute Gasteiger partial charge is 0.311 e. The van der Waals surface area contributed by atoms with Gasteiger partial charge in [-0.25, -0.2) is 4.79 Å². The van der Waals surface area contributed by atoms with E-state index in [1.165, 1.54) is 0 Å². The third kappa shape index (κ3) is 5.69. The fourth-order valence-electron chi connectivity index (χ4n) is 0.630. The van der Waals surface area contributed by atoms with Crippen molar-refractivity contribution in [3.05, 3.63) is 5.57 Å². The molecule has 0 N–H and O–H groups in total. The second kappa shape index (κ2) is 4.07. The molecule has 0 saturated carbocycles. The molecule has 0 saturated heterocycles. The lowest BCUT2D eigenvalue weighted by Gasteiger charge is -2.19. The standard InChI is InChI=1S/C9H14O3/c1-7(6-10)5-8(11)12-9(2,3)4/h5H2,1-4H3. The van der Waals surface area contributed by atoms with Gasteiger partial charge in [0.25, 0.3) is 0 Å². The van der Waals surface area contributed by atoms with Crippen molar-refractivity contribution in [2.45, 2.75) is 39.7 Å². The third-order valence-electron chi connectivity index (χ3n) is 1.00. The quantitative estimate of drug-likeness (QED) is 0.466. The highest BCUT2D eigenvalue weighted by Gasteiger charge is 2.16. The van der Waals surface area contributed by atoms with Gasteiger partial charge in [-0.3, -0.25) is 4.79 Å². The topological polar surface area (TPSA) is 43.4 Å². The molecule has 0 radical (unpaired) electrons. The van der Waals surface area contributed by atoms with Gasteiger partial charge in [-0.1, -0.05) is 0 Å². The minimum absolute atomic E-state index is 0.0285. The van der Waals surface area contributed by atoms with E-state index in [1.807, 2.05) is 0 Å². The molecule has 0 rings (SSSR count). The van der Waals surface area contributed by atoms with Crippen LogP contribution in [0.1, 0.15) is 34.1 Å². The molecule has 0 aliphatic rings. The summed E-state index contributed by atoms with van der Waals surface area (Å²) in [6.07, 6.45) is 0.0285. The first-order valence-corrected chi connectivity index (χ1v) is 3.77. The average molecular weight is 170 g/mol. The Kier molecular flexibility index (Phi) is 3.71. The van der Waals surface area contributed by atoms with E-state index < -0.39 is 5.60 Å². The monoisotopic (exact) mass is 170 g/mol. The Labute approximate surface area is 72.4 Å². The Morgan fingerprint density at radius 2 is 1.92 bits per heavy atom. The predicted molar refractivity (Wildman–Crippen MR) is 45.3 cm³/mol. The van der Waals surface area contributed by atoms with Crippen LogP contribution in [-0.4, -0.2) is 17.5 Å². The predicted octanol–water partition coefficient (Wildman–Crippen LogP) is 1.50. The van der Waals surface area contributed by atoms with Crippen molar-refractivity contribution < 1.29 is 14.3 Å². The zero-order valence-corrected chi connectivity index (χ0v) is 7.93. The van der Waals surface area contributed by atoms with E-state index in [2.05, 4.69) is 0 Å². The minimum atomic E-state index is -0.486. The molecular formula is C9H14O3. The maximum Gasteiger partial charge on any atom is 0.311 e. The fourth-order valence-corrected chi connectivity index (χ4v) is 0.630. The maximum absolute atomic E-state index is 11.0. The van der Waals surface area contributed by atoms with Crippen LogP contribution in [0, 0.1) is 0 Å². The number of rotatable bonds is 2. The van der Waals surface area contributed by atoms with Crippen LogP contribution in [0.3, 0.4) is 0 Å². The van der Waals surface area contributed by atoms with Gasteiger partial charge in [-0.15, -0.1) is 0 Å². The summed E-state index contributed by atoms with van der Waals surface area (Å²) in [7, 11) is 0. The summed E-state index contributed by atoms with van der Waals surface area (Å²) in [5.74, 6) is 1.26. The first kappa shape index (κ1) is 10.9. The lowest BCUT2D eigenvalue weighted by atomic mass is 10.2. The molecule has 3 heteroatoms. The minimum Gasteiger partial charge on any atom is -0.460 e. The van der Waals surface area contributed by atoms with E-state index in [0.29, 0.717) is 5.57 Å². The van der Waals surface area contributed by atoms with Gasteiger partial charge in [-0.2, -0.15) is 0 Å². The second-order valence-corrected chi connectivity index (χ2v) is 3.65. The summed E-state index contributed by atoms with van der Waals surface area (Å²) in [5.41, 5.74) is -0.121. The largest absolute Gasteiger partial charge is 0.460 e. The Bertz CT molecular complexity index is 216. The summed E-state index contributed by atoms with van der Waals surface area (Å²) in [4.78, 5) is 21.0. The first-order valence-electron chi connectivity index (χ1n) is 3.77. The Morgan fingerprint density at radius 1 is 1.42 bits per heavy atom. The van der Waals surface area contributed by atoms with Crippen LogP contribution in [0.2, 0.25) is 0 Å². The van der Waals surface area contributed by atoms with Gasteiger partial charge in [-0.05, 0) is 27.7 Å². The maximum atomic E-state index is 11.0. The van der Waals surface area contributed by atoms with Gasteiger partial charge in [0.2, 0.25) is 0 Å². The second-order valence-electron chi connectivity index (χ2n) is 3.65. The van der Waals surface area contributed by atoms with Crippen LogP contribution in [0.4, 0.5) is 0 Å². The SMILES string of the molecule is CC(=C=O)CC(=O)OC(C)(C)C. The van der Waals surface area contributed by atoms with E-state index in [1.54, 1.807) is 33.6 Å².